The van der Waals surface area contributed by atoms with Crippen LogP contribution in [-0.4, -0.2) is 23.6 Å². The average Bonchev–Trinajstić information content (AvgIpc) is 3.07. The molecule has 13 heteroatoms. The van der Waals surface area contributed by atoms with Gasteiger partial charge in [0, 0.05) is 97.9 Å². The topological polar surface area (TPSA) is 96.5 Å². The minimum absolute atomic E-state index is 0. The van der Waals surface area contributed by atoms with Crippen LogP contribution >= 0.6 is 0 Å². The first kappa shape index (κ1) is 45.8. The molecule has 4 atom stereocenters. The molecule has 0 aromatic rings. The van der Waals surface area contributed by atoms with Crippen LogP contribution in [0.5, 0.6) is 0 Å². The molecule has 0 N–H and O–H groups in total. The van der Waals surface area contributed by atoms with Gasteiger partial charge in [0.1, 0.15) is 0 Å². The predicted octanol–water partition coefficient (Wildman–Crippen LogP) is 2.28. The number of hydrogen-bond acceptors (Lipinski definition) is 4. The fourth-order valence-corrected chi connectivity index (χ4v) is 2.67. The third-order valence-corrected chi connectivity index (χ3v) is 3.85. The summed E-state index contributed by atoms with van der Waals surface area (Å²) in [6.45, 7) is 4.00. The van der Waals surface area contributed by atoms with Crippen LogP contribution in [0.3, 0.4) is 0 Å². The van der Waals surface area contributed by atoms with Gasteiger partial charge < -0.3 is 79.8 Å². The number of rotatable bonds is 0. The van der Waals surface area contributed by atoms with Crippen LogP contribution in [0, 0.1) is 49.4 Å². The van der Waals surface area contributed by atoms with E-state index >= 15 is 0 Å². The summed E-state index contributed by atoms with van der Waals surface area (Å²) in [6.07, 6.45) is 14.0. The summed E-state index contributed by atoms with van der Waals surface area (Å²) in [6, 6.07) is 0. The Morgan fingerprint density at radius 1 is 0.516 bits per heavy atom. The van der Waals surface area contributed by atoms with Gasteiger partial charge in [-0.2, -0.15) is 0 Å². The van der Waals surface area contributed by atoms with Crippen molar-refractivity contribution in [1.82, 2.24) is 0 Å². The summed E-state index contributed by atoms with van der Waals surface area (Å²) in [5.74, 6) is -2.47. The summed E-state index contributed by atoms with van der Waals surface area (Å²) in [5, 5.41) is 6.71. The standard InChI is InChI=1S/2C8H7NO2.C2H6.7V/c2*10-7-5-3-1-2-4-6(5)8(11)9-7;1-2;;;;;;;/h2*1-6H,(H,9,10,11);1-2H3;;;;;;;/q2*-2;;;;;;3*+2/p-2. The van der Waals surface area contributed by atoms with Crippen molar-refractivity contribution in [3.05, 3.63) is 60.6 Å². The first-order chi connectivity index (χ1) is 11.6. The zero-order valence-electron chi connectivity index (χ0n) is 16.6. The molecular formula is C18H18N2O4V7. The van der Waals surface area contributed by atoms with E-state index in [4.69, 9.17) is 0 Å². The molecule has 4 aliphatic rings. The van der Waals surface area contributed by atoms with E-state index in [0.717, 1.165) is 0 Å². The van der Waals surface area contributed by atoms with Gasteiger partial charge >= 0.3 is 55.7 Å². The van der Waals surface area contributed by atoms with Crippen LogP contribution in [0.15, 0.2) is 24.3 Å². The second-order valence-corrected chi connectivity index (χ2v) is 5.22. The summed E-state index contributed by atoms with van der Waals surface area (Å²) < 4.78 is 0. The second-order valence-electron chi connectivity index (χ2n) is 5.22. The molecular weight excluding hydrogens is 665 g/mol. The number of nitrogens with zero attached hydrogens (tertiary/aromatic N) is 2. The second kappa shape index (κ2) is 23.1. The van der Waals surface area contributed by atoms with E-state index in [1.54, 1.807) is 50.0 Å². The molecule has 4 rings (SSSR count). The van der Waals surface area contributed by atoms with E-state index in [-0.39, 0.29) is 177 Å². The van der Waals surface area contributed by atoms with Gasteiger partial charge in [-0.25, -0.2) is 0 Å². The number of carbonyl (C=O) groups is 4. The van der Waals surface area contributed by atoms with Gasteiger partial charge in [0.2, 0.25) is 0 Å². The Labute approximate surface area is 267 Å². The monoisotopic (exact) mass is 683 g/mol. The van der Waals surface area contributed by atoms with Gasteiger partial charge in [0.05, 0.1) is 0 Å². The number of allylic oxidation sites excluding steroid dienone is 4. The molecule has 159 valence electrons. The van der Waals surface area contributed by atoms with Crippen molar-refractivity contribution in [2.45, 2.75) is 13.8 Å². The Hall–Kier alpha value is 1.33. The van der Waals surface area contributed by atoms with Crippen molar-refractivity contribution < 1.29 is 149 Å². The van der Waals surface area contributed by atoms with E-state index in [1.165, 1.54) is 0 Å². The summed E-state index contributed by atoms with van der Waals surface area (Å²) in [5.41, 5.74) is 0. The van der Waals surface area contributed by atoms with Gasteiger partial charge in [-0.3, -0.25) is 0 Å². The fourth-order valence-electron chi connectivity index (χ4n) is 2.67. The van der Waals surface area contributed by atoms with Gasteiger partial charge in [-0.15, -0.1) is 0 Å². The largest absolute Gasteiger partial charge is 2.00 e. The molecule has 2 heterocycles. The molecule has 6 nitrogen and oxygen atoms in total. The Balaban J connectivity index is -0.0000000772. The van der Waals surface area contributed by atoms with Crippen molar-refractivity contribution in [1.29, 1.82) is 0 Å². The van der Waals surface area contributed by atoms with Gasteiger partial charge in [0.15, 0.2) is 0 Å². The molecule has 4 amide bonds. The van der Waals surface area contributed by atoms with Crippen LogP contribution in [0.2, 0.25) is 0 Å². The molecule has 31 heavy (non-hydrogen) atoms. The van der Waals surface area contributed by atoms with E-state index in [9.17, 15) is 19.2 Å². The zero-order valence-corrected chi connectivity index (χ0v) is 26.4. The number of fused-ring (bicyclic) bond motifs is 2. The Kier molecular flexibility index (Phi) is 34.1. The van der Waals surface area contributed by atoms with Crippen LogP contribution < -0.4 is 0 Å². The molecule has 0 spiro atoms. The number of hydrogen-bond donors (Lipinski definition) is 0. The number of imide groups is 2. The minimum atomic E-state index is -0.313. The summed E-state index contributed by atoms with van der Waals surface area (Å²) in [4.78, 5) is 43.8. The van der Waals surface area contributed by atoms with E-state index < -0.39 is 0 Å². The minimum Gasteiger partial charge on any atom is -0.598 e. The van der Waals surface area contributed by atoms with Gasteiger partial charge in [-0.1, -0.05) is 37.5 Å². The molecule has 2 aliphatic carbocycles. The average molecular weight is 683 g/mol. The number of amides is 4. The maximum absolute atomic E-state index is 10.9. The predicted molar refractivity (Wildman–Crippen MR) is 87.5 cm³/mol. The first-order valence-corrected chi connectivity index (χ1v) is 7.87. The smallest absolute Gasteiger partial charge is 0.598 e. The van der Waals surface area contributed by atoms with Crippen molar-refractivity contribution in [3.63, 3.8) is 0 Å². The van der Waals surface area contributed by atoms with Crippen molar-refractivity contribution in [2.75, 3.05) is 0 Å². The Morgan fingerprint density at radius 3 is 0.839 bits per heavy atom. The molecule has 0 bridgehead atoms. The SMILES string of the molecule is CC.O=C1[N-]C(=O)C2[CH-]C=C[CH-]C12.O=C1[N-]C(=O)C2[CH-]C=C[CH-]C12.[V+2].[V+2].[V+2].[V].[V].[V].[V]. The van der Waals surface area contributed by atoms with E-state index in [1.807, 2.05) is 13.8 Å². The molecule has 7 radical (unpaired) electrons. The quantitative estimate of drug-likeness (QED) is 0.290. The summed E-state index contributed by atoms with van der Waals surface area (Å²) in [7, 11) is 0. The molecule has 0 aromatic heterocycles. The zero-order chi connectivity index (χ0) is 17.7. The van der Waals surface area contributed by atoms with Crippen LogP contribution in [-0.2, 0) is 149 Å². The molecule has 0 saturated carbocycles. The van der Waals surface area contributed by atoms with Crippen LogP contribution in [0.25, 0.3) is 10.6 Å². The third-order valence-electron chi connectivity index (χ3n) is 3.85. The molecule has 0 aromatic carbocycles. The van der Waals surface area contributed by atoms with E-state index in [0.29, 0.717) is 0 Å². The molecule has 2 saturated heterocycles. The molecule has 2 aliphatic heterocycles. The van der Waals surface area contributed by atoms with Gasteiger partial charge in [0.25, 0.3) is 0 Å². The van der Waals surface area contributed by atoms with Crippen molar-refractivity contribution in [3.8, 4) is 0 Å². The van der Waals surface area contributed by atoms with Crippen molar-refractivity contribution >= 4 is 23.6 Å². The third kappa shape index (κ3) is 12.0. The van der Waals surface area contributed by atoms with Gasteiger partial charge in [-0.05, 0) is 0 Å². The van der Waals surface area contributed by atoms with Crippen LogP contribution in [0.1, 0.15) is 13.8 Å². The Morgan fingerprint density at radius 2 is 0.677 bits per heavy atom. The molecule has 4 unspecified atom stereocenters. The van der Waals surface area contributed by atoms with Crippen molar-refractivity contribution in [2.24, 2.45) is 23.7 Å². The van der Waals surface area contributed by atoms with Crippen LogP contribution in [0.4, 0.5) is 0 Å². The Bertz CT molecular complexity index is 518. The normalized spacial score (nSPS) is 24.2. The maximum Gasteiger partial charge on any atom is 2.00 e. The summed E-state index contributed by atoms with van der Waals surface area (Å²) >= 11 is 0. The molecule has 2 fully saturated rings. The first-order valence-electron chi connectivity index (χ1n) is 7.87. The number of carbonyl (C=O) groups excluding carboxylic acids is 4. The van der Waals surface area contributed by atoms with E-state index in [2.05, 4.69) is 10.6 Å². The maximum atomic E-state index is 10.9. The fraction of sp³-hybridized carbons (Fsp3) is 0.333.